The Morgan fingerprint density at radius 1 is 0.458 bits per heavy atom. The molecule has 2 unspecified atom stereocenters. The number of aliphatic hydroxyl groups is 2. The van der Waals surface area contributed by atoms with E-state index in [1.54, 1.807) is 0 Å². The molecule has 0 rings (SSSR count). The standard InChI is InChI=1S/C53H103NO5/c1-3-5-7-9-11-13-15-17-19-21-25-29-33-37-41-45-51(56)50(49-55)54-52(57)46-42-38-34-30-26-23-24-28-32-36-40-44-48-59-53(58)47-43-39-35-31-27-22-20-18-16-14-12-10-8-6-4-2/h18,20,50-51,55-56H,3-17,19,21-49H2,1-2H3,(H,54,57)/b20-18-. The molecule has 0 aromatic rings. The summed E-state index contributed by atoms with van der Waals surface area (Å²) < 4.78 is 5.46. The molecule has 0 radical (unpaired) electrons. The summed E-state index contributed by atoms with van der Waals surface area (Å²) in [7, 11) is 0. The van der Waals surface area contributed by atoms with E-state index in [1.165, 1.54) is 199 Å². The number of aliphatic hydroxyl groups excluding tert-OH is 2. The minimum Gasteiger partial charge on any atom is -0.466 e. The highest BCUT2D eigenvalue weighted by molar-refractivity contribution is 5.76. The summed E-state index contributed by atoms with van der Waals surface area (Å²) in [5.41, 5.74) is 0. The van der Waals surface area contributed by atoms with Gasteiger partial charge in [0.1, 0.15) is 0 Å². The van der Waals surface area contributed by atoms with Gasteiger partial charge in [0.25, 0.3) is 0 Å². The molecular formula is C53H103NO5. The highest BCUT2D eigenvalue weighted by atomic mass is 16.5. The van der Waals surface area contributed by atoms with Gasteiger partial charge in [-0.15, -0.1) is 0 Å². The molecule has 1 amide bonds. The van der Waals surface area contributed by atoms with Crippen molar-refractivity contribution in [2.75, 3.05) is 13.2 Å². The first-order chi connectivity index (χ1) is 29.0. The molecular weight excluding hydrogens is 731 g/mol. The largest absolute Gasteiger partial charge is 0.466 e. The number of esters is 1. The number of hydrogen-bond donors (Lipinski definition) is 3. The Kier molecular flexibility index (Phi) is 48.1. The van der Waals surface area contributed by atoms with Crippen LogP contribution >= 0.6 is 0 Å². The summed E-state index contributed by atoms with van der Waals surface area (Å²) >= 11 is 0. The highest BCUT2D eigenvalue weighted by Crippen LogP contribution is 2.17. The molecule has 0 saturated carbocycles. The van der Waals surface area contributed by atoms with Crippen molar-refractivity contribution in [3.8, 4) is 0 Å². The third kappa shape index (κ3) is 45.9. The van der Waals surface area contributed by atoms with Crippen LogP contribution in [0, 0.1) is 0 Å². The van der Waals surface area contributed by atoms with E-state index in [4.69, 9.17) is 4.74 Å². The van der Waals surface area contributed by atoms with Crippen molar-refractivity contribution in [1.82, 2.24) is 5.32 Å². The lowest BCUT2D eigenvalue weighted by Crippen LogP contribution is -2.45. The van der Waals surface area contributed by atoms with Gasteiger partial charge in [0.15, 0.2) is 0 Å². The molecule has 0 aliphatic carbocycles. The molecule has 6 nitrogen and oxygen atoms in total. The number of allylic oxidation sites excluding steroid dienone is 2. The fourth-order valence-corrected chi connectivity index (χ4v) is 8.22. The van der Waals surface area contributed by atoms with Gasteiger partial charge in [-0.3, -0.25) is 9.59 Å². The van der Waals surface area contributed by atoms with Crippen LogP contribution < -0.4 is 5.32 Å². The SMILES string of the molecule is CCCCCCCC/C=C\CCCCCCCC(=O)OCCCCCCCCCCCCCCC(=O)NC(CO)C(O)CCCCCCCCCCCCCCCCC. The minimum atomic E-state index is -0.674. The van der Waals surface area contributed by atoms with E-state index in [0.717, 1.165) is 57.8 Å². The van der Waals surface area contributed by atoms with Crippen LogP contribution in [0.5, 0.6) is 0 Å². The summed E-state index contributed by atoms with van der Waals surface area (Å²) in [5, 5.41) is 23.2. The predicted molar refractivity (Wildman–Crippen MR) is 255 cm³/mol. The molecule has 0 aliphatic rings. The average molecular weight is 834 g/mol. The van der Waals surface area contributed by atoms with Gasteiger partial charge in [0.2, 0.25) is 5.91 Å². The summed E-state index contributed by atoms with van der Waals surface area (Å²) in [6.45, 7) is 4.92. The van der Waals surface area contributed by atoms with E-state index in [1.807, 2.05) is 0 Å². The molecule has 0 aromatic heterocycles. The highest BCUT2D eigenvalue weighted by Gasteiger charge is 2.20. The molecule has 350 valence electrons. The number of hydrogen-bond acceptors (Lipinski definition) is 5. The second-order valence-corrected chi connectivity index (χ2v) is 18.2. The molecule has 0 bridgehead atoms. The number of carbonyl (C=O) groups is 2. The van der Waals surface area contributed by atoms with Crippen LogP contribution in [-0.2, 0) is 14.3 Å². The van der Waals surface area contributed by atoms with Gasteiger partial charge in [-0.1, -0.05) is 238 Å². The van der Waals surface area contributed by atoms with E-state index >= 15 is 0 Å². The summed E-state index contributed by atoms with van der Waals surface area (Å²) in [6, 6.07) is -0.552. The summed E-state index contributed by atoms with van der Waals surface area (Å²) in [5.74, 6) is -0.0662. The van der Waals surface area contributed by atoms with Gasteiger partial charge >= 0.3 is 5.97 Å². The first-order valence-electron chi connectivity index (χ1n) is 26.4. The van der Waals surface area contributed by atoms with Crippen LogP contribution in [0.2, 0.25) is 0 Å². The Morgan fingerprint density at radius 3 is 1.20 bits per heavy atom. The number of amides is 1. The number of carbonyl (C=O) groups excluding carboxylic acids is 2. The van der Waals surface area contributed by atoms with Gasteiger partial charge in [-0.2, -0.15) is 0 Å². The number of ether oxygens (including phenoxy) is 1. The zero-order chi connectivity index (χ0) is 43.0. The second kappa shape index (κ2) is 49.3. The maximum atomic E-state index is 12.4. The molecule has 0 heterocycles. The quantitative estimate of drug-likeness (QED) is 0.0322. The molecule has 0 aliphatic heterocycles. The summed E-state index contributed by atoms with van der Waals surface area (Å²) in [6.07, 6.45) is 56.0. The first-order valence-corrected chi connectivity index (χ1v) is 26.4. The molecule has 3 N–H and O–H groups in total. The van der Waals surface area contributed by atoms with Crippen molar-refractivity contribution in [3.05, 3.63) is 12.2 Å². The Morgan fingerprint density at radius 2 is 0.797 bits per heavy atom. The van der Waals surface area contributed by atoms with E-state index in [0.29, 0.717) is 25.9 Å². The zero-order valence-electron chi connectivity index (χ0n) is 39.7. The van der Waals surface area contributed by atoms with Gasteiger partial charge < -0.3 is 20.3 Å². The molecule has 0 aromatic carbocycles. The molecule has 59 heavy (non-hydrogen) atoms. The number of rotatable bonds is 49. The fourth-order valence-electron chi connectivity index (χ4n) is 8.22. The van der Waals surface area contributed by atoms with Crippen LogP contribution in [0.15, 0.2) is 12.2 Å². The van der Waals surface area contributed by atoms with Crippen molar-refractivity contribution in [3.63, 3.8) is 0 Å². The topological polar surface area (TPSA) is 95.9 Å². The zero-order valence-corrected chi connectivity index (χ0v) is 39.7. The average Bonchev–Trinajstić information content (AvgIpc) is 3.24. The predicted octanol–water partition coefficient (Wildman–Crippen LogP) is 15.7. The van der Waals surface area contributed by atoms with Crippen molar-refractivity contribution in [1.29, 1.82) is 0 Å². The van der Waals surface area contributed by atoms with Gasteiger partial charge in [-0.25, -0.2) is 0 Å². The maximum absolute atomic E-state index is 12.4. The lowest BCUT2D eigenvalue weighted by molar-refractivity contribution is -0.143. The third-order valence-electron chi connectivity index (χ3n) is 12.3. The Hall–Kier alpha value is -1.40. The third-order valence-corrected chi connectivity index (χ3v) is 12.3. The van der Waals surface area contributed by atoms with Crippen molar-refractivity contribution in [2.45, 2.75) is 302 Å². The van der Waals surface area contributed by atoms with Crippen LogP contribution in [0.4, 0.5) is 0 Å². The normalized spacial score (nSPS) is 12.7. The molecule has 6 heteroatoms. The number of unbranched alkanes of at least 4 members (excludes halogenated alkanes) is 36. The molecule has 0 saturated heterocycles. The van der Waals surface area contributed by atoms with Crippen molar-refractivity contribution in [2.24, 2.45) is 0 Å². The molecule has 2 atom stereocenters. The monoisotopic (exact) mass is 834 g/mol. The maximum Gasteiger partial charge on any atom is 0.305 e. The van der Waals surface area contributed by atoms with Crippen molar-refractivity contribution < 1.29 is 24.5 Å². The van der Waals surface area contributed by atoms with E-state index in [9.17, 15) is 19.8 Å². The Balaban J connectivity index is 3.46. The molecule has 0 spiro atoms. The van der Waals surface area contributed by atoms with Crippen LogP contribution in [-0.4, -0.2) is 47.4 Å². The fraction of sp³-hybridized carbons (Fsp3) is 0.925. The van der Waals surface area contributed by atoms with Gasteiger partial charge in [0.05, 0.1) is 25.4 Å². The lowest BCUT2D eigenvalue weighted by atomic mass is 10.0. The summed E-state index contributed by atoms with van der Waals surface area (Å²) in [4.78, 5) is 24.5. The Labute approximate surface area is 368 Å². The van der Waals surface area contributed by atoms with Crippen LogP contribution in [0.3, 0.4) is 0 Å². The smallest absolute Gasteiger partial charge is 0.305 e. The van der Waals surface area contributed by atoms with E-state index in [-0.39, 0.29) is 18.5 Å². The first kappa shape index (κ1) is 57.6. The lowest BCUT2D eigenvalue weighted by Gasteiger charge is -2.22. The van der Waals surface area contributed by atoms with Crippen molar-refractivity contribution >= 4 is 11.9 Å². The van der Waals surface area contributed by atoms with Gasteiger partial charge in [-0.05, 0) is 51.4 Å². The van der Waals surface area contributed by atoms with Gasteiger partial charge in [0, 0.05) is 12.8 Å². The minimum absolute atomic E-state index is 0.0167. The number of nitrogens with one attached hydrogen (secondary N) is 1. The van der Waals surface area contributed by atoms with E-state index in [2.05, 4.69) is 31.3 Å². The second-order valence-electron chi connectivity index (χ2n) is 18.2. The molecule has 0 fully saturated rings. The van der Waals surface area contributed by atoms with Crippen LogP contribution in [0.25, 0.3) is 0 Å². The van der Waals surface area contributed by atoms with Crippen LogP contribution in [0.1, 0.15) is 290 Å². The van der Waals surface area contributed by atoms with E-state index < -0.39 is 12.1 Å². The Bertz CT molecular complexity index is 878.